The topological polar surface area (TPSA) is 84.5 Å². The summed E-state index contributed by atoms with van der Waals surface area (Å²) in [7, 11) is 1.68. The second kappa shape index (κ2) is 7.25. The molecule has 30 heavy (non-hydrogen) atoms. The molecular formula is C23H23N3O4. The van der Waals surface area contributed by atoms with E-state index in [0.29, 0.717) is 43.4 Å². The first-order valence-corrected chi connectivity index (χ1v) is 10.2. The van der Waals surface area contributed by atoms with Gasteiger partial charge in [-0.05, 0) is 37.0 Å². The summed E-state index contributed by atoms with van der Waals surface area (Å²) in [6.07, 6.45) is 2.21. The second-order valence-electron chi connectivity index (χ2n) is 7.82. The maximum Gasteiger partial charge on any atom is 0.346 e. The number of para-hydroxylation sites is 1. The lowest BCUT2D eigenvalue weighted by molar-refractivity contribution is -0.0947. The van der Waals surface area contributed by atoms with Gasteiger partial charge in [0.25, 0.3) is 5.91 Å². The molecule has 0 aliphatic carbocycles. The summed E-state index contributed by atoms with van der Waals surface area (Å²) in [4.78, 5) is 33.7. The van der Waals surface area contributed by atoms with Crippen LogP contribution in [0.5, 0.6) is 5.75 Å². The summed E-state index contributed by atoms with van der Waals surface area (Å²) in [6.45, 7) is 1.71. The first-order valence-electron chi connectivity index (χ1n) is 10.2. The van der Waals surface area contributed by atoms with E-state index in [1.54, 1.807) is 18.1 Å². The van der Waals surface area contributed by atoms with Gasteiger partial charge in [0.05, 0.1) is 19.2 Å². The molecule has 0 radical (unpaired) electrons. The van der Waals surface area contributed by atoms with Crippen LogP contribution in [0.2, 0.25) is 0 Å². The Morgan fingerprint density at radius 2 is 1.97 bits per heavy atom. The Balaban J connectivity index is 1.45. The van der Waals surface area contributed by atoms with Gasteiger partial charge in [0.2, 0.25) is 0 Å². The number of rotatable bonds is 2. The molecule has 0 atom stereocenters. The van der Waals surface area contributed by atoms with Crippen LogP contribution in [0, 0.1) is 0 Å². The lowest BCUT2D eigenvalue weighted by Gasteiger charge is -2.45. The zero-order valence-corrected chi connectivity index (χ0v) is 16.8. The molecule has 0 saturated carbocycles. The van der Waals surface area contributed by atoms with Gasteiger partial charge < -0.3 is 19.4 Å². The molecule has 0 bridgehead atoms. The number of aromatic amines is 1. The zero-order chi connectivity index (χ0) is 20.7. The molecule has 1 N–H and O–H groups in total. The van der Waals surface area contributed by atoms with E-state index in [0.717, 1.165) is 17.7 Å². The summed E-state index contributed by atoms with van der Waals surface area (Å²) >= 11 is 0. The number of H-pyrrole nitrogens is 1. The van der Waals surface area contributed by atoms with E-state index in [2.05, 4.69) is 16.0 Å². The Kier molecular flexibility index (Phi) is 4.55. The average molecular weight is 405 g/mol. The number of amides is 1. The first-order chi connectivity index (χ1) is 14.6. The standard InChI is InChI=1S/C23H23N3O4/c1-29-18-8-4-5-15-9-14-30-23(19(15)18)10-12-26(13-11-23)21(27)20-16-6-2-3-7-17(16)24-22(28)25-20/h2-8H,9-14H2,1H3,(H,24,25,28). The number of methoxy groups -OCH3 is 1. The van der Waals surface area contributed by atoms with E-state index in [9.17, 15) is 9.59 Å². The smallest absolute Gasteiger partial charge is 0.346 e. The number of ether oxygens (including phenoxy) is 2. The molecule has 2 aromatic carbocycles. The molecule has 5 rings (SSSR count). The molecule has 3 heterocycles. The minimum atomic E-state index is -0.514. The van der Waals surface area contributed by atoms with Gasteiger partial charge >= 0.3 is 5.69 Å². The first kappa shape index (κ1) is 18.8. The minimum Gasteiger partial charge on any atom is -0.496 e. The SMILES string of the molecule is COc1cccc2c1C1(CCN(C(=O)c3nc(=O)[nH]c4ccccc34)CC1)OCC2. The van der Waals surface area contributed by atoms with E-state index in [1.165, 1.54) is 5.56 Å². The van der Waals surface area contributed by atoms with Crippen LogP contribution in [0.15, 0.2) is 47.3 Å². The second-order valence-corrected chi connectivity index (χ2v) is 7.82. The third-order valence-electron chi connectivity index (χ3n) is 6.24. The lowest BCUT2D eigenvalue weighted by Crippen LogP contribution is -2.48. The zero-order valence-electron chi connectivity index (χ0n) is 16.8. The van der Waals surface area contributed by atoms with Crippen LogP contribution < -0.4 is 10.4 Å². The highest BCUT2D eigenvalue weighted by molar-refractivity contribution is 6.04. The van der Waals surface area contributed by atoms with Crippen molar-refractivity contribution >= 4 is 16.8 Å². The summed E-state index contributed by atoms with van der Waals surface area (Å²) in [5, 5.41) is 0.656. The fraction of sp³-hybridized carbons (Fsp3) is 0.348. The maximum atomic E-state index is 13.3. The van der Waals surface area contributed by atoms with Crippen LogP contribution in [0.4, 0.5) is 0 Å². The molecule has 7 heteroatoms. The Morgan fingerprint density at radius 1 is 1.17 bits per heavy atom. The van der Waals surface area contributed by atoms with Crippen molar-refractivity contribution in [2.75, 3.05) is 26.8 Å². The predicted octanol–water partition coefficient (Wildman–Crippen LogP) is 2.64. The van der Waals surface area contributed by atoms with Crippen molar-refractivity contribution in [3.8, 4) is 5.75 Å². The Morgan fingerprint density at radius 3 is 2.77 bits per heavy atom. The minimum absolute atomic E-state index is 0.202. The average Bonchev–Trinajstić information content (AvgIpc) is 2.78. The predicted molar refractivity (Wildman–Crippen MR) is 112 cm³/mol. The van der Waals surface area contributed by atoms with E-state index < -0.39 is 11.3 Å². The van der Waals surface area contributed by atoms with Crippen LogP contribution >= 0.6 is 0 Å². The highest BCUT2D eigenvalue weighted by Crippen LogP contribution is 2.45. The molecule has 154 valence electrons. The third-order valence-corrected chi connectivity index (χ3v) is 6.24. The number of hydrogen-bond acceptors (Lipinski definition) is 5. The lowest BCUT2D eigenvalue weighted by atomic mass is 9.78. The quantitative estimate of drug-likeness (QED) is 0.709. The van der Waals surface area contributed by atoms with Crippen molar-refractivity contribution in [2.24, 2.45) is 0 Å². The number of carbonyl (C=O) groups excluding carboxylic acids is 1. The van der Waals surface area contributed by atoms with Crippen LogP contribution in [0.3, 0.4) is 0 Å². The fourth-order valence-corrected chi connectivity index (χ4v) is 4.78. The number of aromatic nitrogens is 2. The monoisotopic (exact) mass is 405 g/mol. The Bertz CT molecular complexity index is 1160. The van der Waals surface area contributed by atoms with Gasteiger partial charge in [-0.2, -0.15) is 4.98 Å². The van der Waals surface area contributed by atoms with Gasteiger partial charge in [-0.15, -0.1) is 0 Å². The summed E-state index contributed by atoms with van der Waals surface area (Å²) in [6, 6.07) is 13.4. The van der Waals surface area contributed by atoms with E-state index in [1.807, 2.05) is 30.3 Å². The molecule has 3 aromatic rings. The summed E-state index contributed by atoms with van der Waals surface area (Å²) < 4.78 is 11.9. The Labute approximate surface area is 173 Å². The number of piperidine rings is 1. The number of fused-ring (bicyclic) bond motifs is 3. The number of nitrogens with zero attached hydrogens (tertiary/aromatic N) is 2. The number of likely N-dealkylation sites (tertiary alicyclic amines) is 1. The summed E-state index contributed by atoms with van der Waals surface area (Å²) in [5.41, 5.74) is 2.23. The molecule has 1 saturated heterocycles. The maximum absolute atomic E-state index is 13.3. The molecule has 0 unspecified atom stereocenters. The van der Waals surface area contributed by atoms with Gasteiger partial charge in [0, 0.05) is 24.0 Å². The van der Waals surface area contributed by atoms with Gasteiger partial charge in [0.15, 0.2) is 0 Å². The molecule has 1 spiro atoms. The Hall–Kier alpha value is -3.19. The van der Waals surface area contributed by atoms with Crippen LogP contribution in [-0.4, -0.2) is 47.6 Å². The molecule has 7 nitrogen and oxygen atoms in total. The van der Waals surface area contributed by atoms with E-state index >= 15 is 0 Å². The van der Waals surface area contributed by atoms with E-state index in [4.69, 9.17) is 9.47 Å². The van der Waals surface area contributed by atoms with Crippen LogP contribution in [0.25, 0.3) is 10.9 Å². The fourth-order valence-electron chi connectivity index (χ4n) is 4.78. The molecule has 1 amide bonds. The highest BCUT2D eigenvalue weighted by atomic mass is 16.5. The number of nitrogens with one attached hydrogen (secondary N) is 1. The number of carbonyl (C=O) groups is 1. The summed E-state index contributed by atoms with van der Waals surface area (Å²) in [5.74, 6) is 0.623. The van der Waals surface area contributed by atoms with Crippen molar-refractivity contribution in [1.82, 2.24) is 14.9 Å². The van der Waals surface area contributed by atoms with Crippen molar-refractivity contribution in [2.45, 2.75) is 24.9 Å². The highest BCUT2D eigenvalue weighted by Gasteiger charge is 2.44. The van der Waals surface area contributed by atoms with Gasteiger partial charge in [0.1, 0.15) is 17.0 Å². The van der Waals surface area contributed by atoms with Crippen molar-refractivity contribution in [1.29, 1.82) is 0 Å². The molecule has 2 aliphatic rings. The molecule has 1 aromatic heterocycles. The van der Waals surface area contributed by atoms with Crippen LogP contribution in [0.1, 0.15) is 34.5 Å². The third kappa shape index (κ3) is 2.97. The largest absolute Gasteiger partial charge is 0.496 e. The van der Waals surface area contributed by atoms with Gasteiger partial charge in [-0.25, -0.2) is 4.79 Å². The van der Waals surface area contributed by atoms with E-state index in [-0.39, 0.29) is 11.6 Å². The molecular weight excluding hydrogens is 382 g/mol. The van der Waals surface area contributed by atoms with Crippen molar-refractivity contribution in [3.63, 3.8) is 0 Å². The molecule has 1 fully saturated rings. The molecule has 2 aliphatic heterocycles. The van der Waals surface area contributed by atoms with Gasteiger partial charge in [-0.3, -0.25) is 4.79 Å². The van der Waals surface area contributed by atoms with Crippen molar-refractivity contribution in [3.05, 3.63) is 69.8 Å². The van der Waals surface area contributed by atoms with Crippen LogP contribution in [-0.2, 0) is 16.8 Å². The normalized spacial score (nSPS) is 17.7. The number of benzene rings is 2. The van der Waals surface area contributed by atoms with Crippen molar-refractivity contribution < 1.29 is 14.3 Å². The van der Waals surface area contributed by atoms with Gasteiger partial charge in [-0.1, -0.05) is 30.3 Å². The number of hydrogen-bond donors (Lipinski definition) is 1.